The molecule has 20 heavy (non-hydrogen) atoms. The van der Waals surface area contributed by atoms with E-state index in [1.807, 2.05) is 11.4 Å². The van der Waals surface area contributed by atoms with E-state index >= 15 is 0 Å². The highest BCUT2D eigenvalue weighted by Crippen LogP contribution is 2.18. The van der Waals surface area contributed by atoms with Gasteiger partial charge in [0.25, 0.3) is 5.91 Å². The highest BCUT2D eigenvalue weighted by atomic mass is 32.1. The molecule has 1 aliphatic rings. The average Bonchev–Trinajstić information content (AvgIpc) is 2.94. The molecule has 0 unspecified atom stereocenters. The summed E-state index contributed by atoms with van der Waals surface area (Å²) < 4.78 is 0. The molecule has 0 saturated heterocycles. The first-order valence-corrected chi connectivity index (χ1v) is 7.72. The van der Waals surface area contributed by atoms with E-state index < -0.39 is 6.10 Å². The van der Waals surface area contributed by atoms with Gasteiger partial charge >= 0.3 is 0 Å². The van der Waals surface area contributed by atoms with Crippen LogP contribution in [0, 0.1) is 0 Å². The Kier molecular flexibility index (Phi) is 5.14. The molecule has 0 spiro atoms. The van der Waals surface area contributed by atoms with Gasteiger partial charge in [-0.15, -0.1) is 11.3 Å². The van der Waals surface area contributed by atoms with Crippen molar-refractivity contribution in [1.82, 2.24) is 10.2 Å². The van der Waals surface area contributed by atoms with Crippen molar-refractivity contribution in [2.45, 2.75) is 37.8 Å². The van der Waals surface area contributed by atoms with Crippen molar-refractivity contribution in [3.63, 3.8) is 0 Å². The summed E-state index contributed by atoms with van der Waals surface area (Å²) in [7, 11) is 1.61. The highest BCUT2D eigenvalue weighted by molar-refractivity contribution is 7.12. The van der Waals surface area contributed by atoms with Gasteiger partial charge in [-0.05, 0) is 24.3 Å². The maximum atomic E-state index is 12.0. The summed E-state index contributed by atoms with van der Waals surface area (Å²) in [5.74, 6) is -0.373. The molecular formula is C14H20N2O3S. The van der Waals surface area contributed by atoms with E-state index in [0.717, 1.165) is 25.7 Å². The van der Waals surface area contributed by atoms with Crippen molar-refractivity contribution >= 4 is 23.2 Å². The summed E-state index contributed by atoms with van der Waals surface area (Å²) in [5.41, 5.74) is 0. The highest BCUT2D eigenvalue weighted by Gasteiger charge is 2.25. The van der Waals surface area contributed by atoms with E-state index in [9.17, 15) is 14.7 Å². The van der Waals surface area contributed by atoms with Gasteiger partial charge in [0, 0.05) is 7.05 Å². The molecule has 1 saturated carbocycles. The van der Waals surface area contributed by atoms with Gasteiger partial charge < -0.3 is 15.3 Å². The van der Waals surface area contributed by atoms with Crippen molar-refractivity contribution in [3.8, 4) is 0 Å². The Morgan fingerprint density at radius 3 is 2.85 bits per heavy atom. The first-order valence-electron chi connectivity index (χ1n) is 6.84. The Labute approximate surface area is 122 Å². The fourth-order valence-corrected chi connectivity index (χ4v) is 3.13. The molecule has 110 valence electrons. The molecule has 2 rings (SSSR count). The van der Waals surface area contributed by atoms with Crippen molar-refractivity contribution < 1.29 is 14.7 Å². The van der Waals surface area contributed by atoms with Crippen LogP contribution in [0.4, 0.5) is 0 Å². The summed E-state index contributed by atoms with van der Waals surface area (Å²) in [5, 5.41) is 14.5. The average molecular weight is 296 g/mol. The van der Waals surface area contributed by atoms with E-state index in [0.29, 0.717) is 4.88 Å². The third-order valence-electron chi connectivity index (χ3n) is 3.54. The first-order chi connectivity index (χ1) is 9.58. The van der Waals surface area contributed by atoms with Gasteiger partial charge in [0.1, 0.15) is 0 Å². The predicted octanol–water partition coefficient (Wildman–Crippen LogP) is 1.24. The van der Waals surface area contributed by atoms with Crippen LogP contribution in [-0.4, -0.2) is 47.6 Å². The van der Waals surface area contributed by atoms with Crippen LogP contribution >= 0.6 is 11.3 Å². The van der Waals surface area contributed by atoms with E-state index in [1.54, 1.807) is 13.1 Å². The van der Waals surface area contributed by atoms with E-state index in [2.05, 4.69) is 5.32 Å². The zero-order valence-electron chi connectivity index (χ0n) is 11.5. The first kappa shape index (κ1) is 15.0. The number of aliphatic hydroxyl groups excluding tert-OH is 1. The summed E-state index contributed by atoms with van der Waals surface area (Å²) >= 11 is 1.36. The molecule has 0 aromatic carbocycles. The molecule has 0 aliphatic heterocycles. The van der Waals surface area contributed by atoms with Crippen LogP contribution in [0.1, 0.15) is 35.4 Å². The molecule has 1 aliphatic carbocycles. The zero-order chi connectivity index (χ0) is 14.5. The van der Waals surface area contributed by atoms with E-state index in [-0.39, 0.29) is 24.4 Å². The molecule has 6 heteroatoms. The van der Waals surface area contributed by atoms with Gasteiger partial charge in [-0.25, -0.2) is 0 Å². The number of hydrogen-bond acceptors (Lipinski definition) is 4. The Morgan fingerprint density at radius 2 is 2.20 bits per heavy atom. The molecule has 1 aromatic heterocycles. The molecule has 1 heterocycles. The van der Waals surface area contributed by atoms with E-state index in [4.69, 9.17) is 0 Å². The molecule has 0 bridgehead atoms. The zero-order valence-corrected chi connectivity index (χ0v) is 12.4. The second-order valence-corrected chi connectivity index (χ2v) is 6.11. The number of nitrogens with zero attached hydrogens (tertiary/aromatic N) is 1. The Morgan fingerprint density at radius 1 is 1.45 bits per heavy atom. The standard InChI is InChI=1S/C14H20N2O3S/c1-16(14(19)12-7-4-8-20-12)9-13(18)15-10-5-2-3-6-11(10)17/h4,7-8,10-11,17H,2-3,5-6,9H2,1H3,(H,15,18)/t10-,11-/m0/s1. The van der Waals surface area contributed by atoms with Crippen LogP contribution in [0.5, 0.6) is 0 Å². The minimum absolute atomic E-state index is 0.0138. The van der Waals surface area contributed by atoms with Crippen molar-refractivity contribution in [3.05, 3.63) is 22.4 Å². The largest absolute Gasteiger partial charge is 0.391 e. The quantitative estimate of drug-likeness (QED) is 0.878. The lowest BCUT2D eigenvalue weighted by Gasteiger charge is -2.29. The smallest absolute Gasteiger partial charge is 0.264 e. The molecule has 1 fully saturated rings. The molecule has 2 atom stereocenters. The fourth-order valence-electron chi connectivity index (χ4n) is 2.41. The fraction of sp³-hybridized carbons (Fsp3) is 0.571. The molecular weight excluding hydrogens is 276 g/mol. The topological polar surface area (TPSA) is 69.6 Å². The van der Waals surface area contributed by atoms with E-state index in [1.165, 1.54) is 16.2 Å². The molecule has 2 amide bonds. The van der Waals surface area contributed by atoms with Gasteiger partial charge in [-0.2, -0.15) is 0 Å². The van der Waals surface area contributed by atoms with Gasteiger partial charge in [-0.1, -0.05) is 18.9 Å². The lowest BCUT2D eigenvalue weighted by molar-refractivity contribution is -0.123. The van der Waals surface area contributed by atoms with Crippen molar-refractivity contribution in [2.75, 3.05) is 13.6 Å². The summed E-state index contributed by atoms with van der Waals surface area (Å²) in [6, 6.07) is 3.37. The van der Waals surface area contributed by atoms with Gasteiger partial charge in [-0.3, -0.25) is 9.59 Å². The Bertz CT molecular complexity index is 461. The normalized spacial score (nSPS) is 22.3. The Balaban J connectivity index is 1.83. The monoisotopic (exact) mass is 296 g/mol. The summed E-state index contributed by atoms with van der Waals surface area (Å²) in [6.45, 7) is 0.0138. The van der Waals surface area contributed by atoms with Gasteiger partial charge in [0.15, 0.2) is 0 Å². The SMILES string of the molecule is CN(CC(=O)N[C@H]1CCCC[C@@H]1O)C(=O)c1cccs1. The third-order valence-corrected chi connectivity index (χ3v) is 4.39. The number of likely N-dealkylation sites (N-methyl/N-ethyl adjacent to an activating group) is 1. The third kappa shape index (κ3) is 3.80. The number of carbonyl (C=O) groups is 2. The summed E-state index contributed by atoms with van der Waals surface area (Å²) in [6.07, 6.45) is 3.09. The van der Waals surface area contributed by atoms with Crippen LogP contribution in [0.3, 0.4) is 0 Å². The lowest BCUT2D eigenvalue weighted by atomic mass is 9.92. The molecule has 5 nitrogen and oxygen atoms in total. The molecule has 2 N–H and O–H groups in total. The minimum Gasteiger partial charge on any atom is -0.391 e. The maximum absolute atomic E-state index is 12.0. The number of amides is 2. The number of thiophene rings is 1. The Hall–Kier alpha value is -1.40. The maximum Gasteiger partial charge on any atom is 0.264 e. The van der Waals surface area contributed by atoms with Crippen LogP contribution in [0.25, 0.3) is 0 Å². The summed E-state index contributed by atoms with van der Waals surface area (Å²) in [4.78, 5) is 26.0. The number of hydrogen-bond donors (Lipinski definition) is 2. The van der Waals surface area contributed by atoms with Crippen LogP contribution < -0.4 is 5.32 Å². The van der Waals surface area contributed by atoms with Crippen LogP contribution in [-0.2, 0) is 4.79 Å². The second kappa shape index (κ2) is 6.85. The minimum atomic E-state index is -0.467. The van der Waals surface area contributed by atoms with Gasteiger partial charge in [0.05, 0.1) is 23.6 Å². The van der Waals surface area contributed by atoms with Crippen LogP contribution in [0.2, 0.25) is 0 Å². The molecule has 1 aromatic rings. The number of carbonyl (C=O) groups excluding carboxylic acids is 2. The molecule has 0 radical (unpaired) electrons. The van der Waals surface area contributed by atoms with Gasteiger partial charge in [0.2, 0.25) is 5.91 Å². The second-order valence-electron chi connectivity index (χ2n) is 5.16. The van der Waals surface area contributed by atoms with Crippen molar-refractivity contribution in [1.29, 1.82) is 0 Å². The predicted molar refractivity (Wildman–Crippen MR) is 77.7 cm³/mol. The number of rotatable bonds is 4. The lowest BCUT2D eigenvalue weighted by Crippen LogP contribution is -2.48. The van der Waals surface area contributed by atoms with Crippen LogP contribution in [0.15, 0.2) is 17.5 Å². The number of nitrogens with one attached hydrogen (secondary N) is 1. The van der Waals surface area contributed by atoms with Crippen molar-refractivity contribution in [2.24, 2.45) is 0 Å². The number of aliphatic hydroxyl groups is 1.